The molecule has 2 nitrogen and oxygen atoms in total. The molecule has 0 bridgehead atoms. The molecule has 1 fully saturated rings. The van der Waals surface area contributed by atoms with Crippen LogP contribution in [0.4, 0.5) is 0 Å². The molecule has 0 saturated heterocycles. The number of thioether (sulfide) groups is 1. The molecule has 0 heterocycles. The Kier molecular flexibility index (Phi) is 6.16. The predicted molar refractivity (Wildman–Crippen MR) is 73.0 cm³/mol. The molecule has 3 heteroatoms. The summed E-state index contributed by atoms with van der Waals surface area (Å²) in [6, 6.07) is 0.654. The van der Waals surface area contributed by atoms with E-state index in [1.807, 2.05) is 11.8 Å². The van der Waals surface area contributed by atoms with Crippen LogP contribution in [0, 0.1) is 5.41 Å². The Balaban J connectivity index is 2.40. The fourth-order valence-electron chi connectivity index (χ4n) is 2.28. The molecule has 3 atom stereocenters. The Bertz CT molecular complexity index is 194. The van der Waals surface area contributed by atoms with Crippen molar-refractivity contribution in [3.8, 4) is 0 Å². The van der Waals surface area contributed by atoms with E-state index in [0.717, 1.165) is 18.2 Å². The van der Waals surface area contributed by atoms with Crippen molar-refractivity contribution < 1.29 is 5.11 Å². The highest BCUT2D eigenvalue weighted by Crippen LogP contribution is 2.28. The molecule has 2 N–H and O–H groups in total. The SMILES string of the molecule is CCC(C)(CO)CNC1CCCCC1SC. The van der Waals surface area contributed by atoms with Gasteiger partial charge >= 0.3 is 0 Å². The summed E-state index contributed by atoms with van der Waals surface area (Å²) in [5.41, 5.74) is 0.0560. The Labute approximate surface area is 105 Å². The molecule has 0 radical (unpaired) electrons. The van der Waals surface area contributed by atoms with Crippen LogP contribution in [0.5, 0.6) is 0 Å². The van der Waals surface area contributed by atoms with Gasteiger partial charge in [0.25, 0.3) is 0 Å². The second-order valence-corrected chi connectivity index (χ2v) is 6.45. The molecule has 1 saturated carbocycles. The van der Waals surface area contributed by atoms with Crippen molar-refractivity contribution in [2.75, 3.05) is 19.4 Å². The van der Waals surface area contributed by atoms with E-state index in [0.29, 0.717) is 6.04 Å². The number of rotatable bonds is 6. The fourth-order valence-corrected chi connectivity index (χ4v) is 3.25. The third-order valence-electron chi connectivity index (χ3n) is 4.03. The maximum Gasteiger partial charge on any atom is 0.0496 e. The second-order valence-electron chi connectivity index (χ2n) is 5.37. The normalized spacial score (nSPS) is 30.0. The molecular weight excluding hydrogens is 218 g/mol. The van der Waals surface area contributed by atoms with Gasteiger partial charge in [-0.3, -0.25) is 0 Å². The van der Waals surface area contributed by atoms with Gasteiger partial charge in [0.2, 0.25) is 0 Å². The molecule has 0 aliphatic heterocycles. The van der Waals surface area contributed by atoms with Crippen LogP contribution in [0.1, 0.15) is 46.0 Å². The van der Waals surface area contributed by atoms with E-state index in [-0.39, 0.29) is 12.0 Å². The first kappa shape index (κ1) is 14.3. The Morgan fingerprint density at radius 1 is 1.38 bits per heavy atom. The third kappa shape index (κ3) is 3.94. The molecule has 0 aromatic carbocycles. The van der Waals surface area contributed by atoms with E-state index in [4.69, 9.17) is 0 Å². The highest BCUT2D eigenvalue weighted by Gasteiger charge is 2.27. The first-order chi connectivity index (χ1) is 7.65. The Hall–Kier alpha value is 0.270. The van der Waals surface area contributed by atoms with Gasteiger partial charge in [-0.25, -0.2) is 0 Å². The molecular formula is C13H27NOS. The van der Waals surface area contributed by atoms with Crippen LogP contribution in [-0.2, 0) is 0 Å². The largest absolute Gasteiger partial charge is 0.396 e. The van der Waals surface area contributed by atoms with Crippen molar-refractivity contribution in [3.05, 3.63) is 0 Å². The average molecular weight is 245 g/mol. The lowest BCUT2D eigenvalue weighted by molar-refractivity contribution is 0.129. The van der Waals surface area contributed by atoms with Crippen LogP contribution >= 0.6 is 11.8 Å². The number of hydrogen-bond donors (Lipinski definition) is 2. The van der Waals surface area contributed by atoms with Crippen LogP contribution in [0.3, 0.4) is 0 Å². The lowest BCUT2D eigenvalue weighted by atomic mass is 9.87. The van der Waals surface area contributed by atoms with Gasteiger partial charge in [0.1, 0.15) is 0 Å². The molecule has 0 spiro atoms. The summed E-state index contributed by atoms with van der Waals surface area (Å²) in [4.78, 5) is 0. The maximum absolute atomic E-state index is 9.39. The summed E-state index contributed by atoms with van der Waals surface area (Å²) >= 11 is 1.99. The number of nitrogens with one attached hydrogen (secondary N) is 1. The van der Waals surface area contributed by atoms with E-state index in [1.165, 1.54) is 25.7 Å². The van der Waals surface area contributed by atoms with Gasteiger partial charge in [0.15, 0.2) is 0 Å². The van der Waals surface area contributed by atoms with Crippen molar-refractivity contribution in [2.24, 2.45) is 5.41 Å². The van der Waals surface area contributed by atoms with E-state index in [9.17, 15) is 5.11 Å². The average Bonchev–Trinajstić information content (AvgIpc) is 2.36. The summed E-state index contributed by atoms with van der Waals surface area (Å²) in [5, 5.41) is 13.8. The van der Waals surface area contributed by atoms with Gasteiger partial charge < -0.3 is 10.4 Å². The molecule has 0 amide bonds. The van der Waals surface area contributed by atoms with E-state index in [1.54, 1.807) is 0 Å². The highest BCUT2D eigenvalue weighted by atomic mass is 32.2. The van der Waals surface area contributed by atoms with Gasteiger partial charge in [0, 0.05) is 29.9 Å². The van der Waals surface area contributed by atoms with Crippen molar-refractivity contribution in [2.45, 2.75) is 57.2 Å². The summed E-state index contributed by atoms with van der Waals surface area (Å²) in [6.45, 7) is 5.55. The van der Waals surface area contributed by atoms with Crippen LogP contribution in [-0.4, -0.2) is 35.8 Å². The second kappa shape index (κ2) is 6.87. The zero-order valence-corrected chi connectivity index (χ0v) is 11.8. The van der Waals surface area contributed by atoms with Crippen molar-refractivity contribution in [3.63, 3.8) is 0 Å². The lowest BCUT2D eigenvalue weighted by Gasteiger charge is -2.35. The summed E-state index contributed by atoms with van der Waals surface area (Å²) in [7, 11) is 0. The minimum absolute atomic E-state index is 0.0560. The van der Waals surface area contributed by atoms with E-state index in [2.05, 4.69) is 25.4 Å². The maximum atomic E-state index is 9.39. The third-order valence-corrected chi connectivity index (χ3v) is 5.20. The zero-order chi connectivity index (χ0) is 12.0. The van der Waals surface area contributed by atoms with Gasteiger partial charge in [0.05, 0.1) is 0 Å². The topological polar surface area (TPSA) is 32.3 Å². The molecule has 16 heavy (non-hydrogen) atoms. The van der Waals surface area contributed by atoms with Gasteiger partial charge in [-0.15, -0.1) is 0 Å². The van der Waals surface area contributed by atoms with Crippen molar-refractivity contribution >= 4 is 11.8 Å². The summed E-state index contributed by atoms with van der Waals surface area (Å²) < 4.78 is 0. The molecule has 3 unspecified atom stereocenters. The van der Waals surface area contributed by atoms with Gasteiger partial charge in [-0.2, -0.15) is 11.8 Å². The lowest BCUT2D eigenvalue weighted by Crippen LogP contribution is -2.45. The molecule has 1 aliphatic rings. The van der Waals surface area contributed by atoms with Crippen LogP contribution in [0.25, 0.3) is 0 Å². The van der Waals surface area contributed by atoms with E-state index < -0.39 is 0 Å². The minimum atomic E-state index is 0.0560. The fraction of sp³-hybridized carbons (Fsp3) is 1.00. The quantitative estimate of drug-likeness (QED) is 0.754. The Morgan fingerprint density at radius 2 is 2.06 bits per heavy atom. The number of aliphatic hydroxyl groups is 1. The minimum Gasteiger partial charge on any atom is -0.396 e. The molecule has 0 aromatic rings. The monoisotopic (exact) mass is 245 g/mol. The highest BCUT2D eigenvalue weighted by molar-refractivity contribution is 7.99. The summed E-state index contributed by atoms with van der Waals surface area (Å²) in [5.74, 6) is 0. The van der Waals surface area contributed by atoms with Crippen LogP contribution in [0.15, 0.2) is 0 Å². The van der Waals surface area contributed by atoms with E-state index >= 15 is 0 Å². The first-order valence-corrected chi connectivity index (χ1v) is 7.81. The number of hydrogen-bond acceptors (Lipinski definition) is 3. The molecule has 1 rings (SSSR count). The number of aliphatic hydroxyl groups excluding tert-OH is 1. The van der Waals surface area contributed by atoms with Crippen LogP contribution in [0.2, 0.25) is 0 Å². The van der Waals surface area contributed by atoms with Crippen molar-refractivity contribution in [1.29, 1.82) is 0 Å². The Morgan fingerprint density at radius 3 is 2.62 bits per heavy atom. The first-order valence-electron chi connectivity index (χ1n) is 6.52. The molecule has 1 aliphatic carbocycles. The molecule has 0 aromatic heterocycles. The zero-order valence-electron chi connectivity index (χ0n) is 11.0. The van der Waals surface area contributed by atoms with Crippen molar-refractivity contribution in [1.82, 2.24) is 5.32 Å². The van der Waals surface area contributed by atoms with Crippen LogP contribution < -0.4 is 5.32 Å². The smallest absolute Gasteiger partial charge is 0.0496 e. The molecule has 96 valence electrons. The van der Waals surface area contributed by atoms with Gasteiger partial charge in [-0.05, 0) is 25.5 Å². The predicted octanol–water partition coefficient (Wildman–Crippen LogP) is 2.66. The summed E-state index contributed by atoms with van der Waals surface area (Å²) in [6.07, 6.45) is 8.64. The standard InChI is InChI=1S/C13H27NOS/c1-4-13(2,10-15)9-14-11-7-5-6-8-12(11)16-3/h11-12,14-15H,4-10H2,1-3H3. The van der Waals surface area contributed by atoms with Gasteiger partial charge in [-0.1, -0.05) is 26.7 Å².